The van der Waals surface area contributed by atoms with Gasteiger partial charge in [0, 0.05) is 31.4 Å². The predicted molar refractivity (Wildman–Crippen MR) is 109 cm³/mol. The van der Waals surface area contributed by atoms with Crippen LogP contribution in [-0.2, 0) is 20.7 Å². The summed E-state index contributed by atoms with van der Waals surface area (Å²) in [7, 11) is 0. The largest absolute Gasteiger partial charge is 0.444 e. The van der Waals surface area contributed by atoms with Crippen molar-refractivity contribution in [2.75, 3.05) is 23.7 Å². The normalized spacial score (nSPS) is 17.0. The fourth-order valence-corrected chi connectivity index (χ4v) is 3.20. The first-order valence-corrected chi connectivity index (χ1v) is 9.78. The summed E-state index contributed by atoms with van der Waals surface area (Å²) in [5.74, 6) is -0.583. The highest BCUT2D eigenvalue weighted by atomic mass is 16.6. The lowest BCUT2D eigenvalue weighted by molar-refractivity contribution is -0.121. The van der Waals surface area contributed by atoms with E-state index in [-0.39, 0.29) is 23.8 Å². The van der Waals surface area contributed by atoms with Crippen LogP contribution in [0, 0.1) is 5.92 Å². The van der Waals surface area contributed by atoms with Gasteiger partial charge >= 0.3 is 6.09 Å². The van der Waals surface area contributed by atoms with E-state index in [1.54, 1.807) is 11.0 Å². The quantitative estimate of drug-likeness (QED) is 0.820. The van der Waals surface area contributed by atoms with Gasteiger partial charge in [0.25, 0.3) is 0 Å². The zero-order valence-corrected chi connectivity index (χ0v) is 17.4. The van der Waals surface area contributed by atoms with Gasteiger partial charge in [-0.2, -0.15) is 0 Å². The van der Waals surface area contributed by atoms with Gasteiger partial charge in [-0.3, -0.25) is 9.59 Å². The third-order valence-corrected chi connectivity index (χ3v) is 4.51. The highest BCUT2D eigenvalue weighted by Gasteiger charge is 2.31. The van der Waals surface area contributed by atoms with Gasteiger partial charge in [-0.25, -0.2) is 4.79 Å². The molecule has 0 spiro atoms. The Morgan fingerprint density at radius 2 is 1.93 bits per heavy atom. The van der Waals surface area contributed by atoms with Crippen molar-refractivity contribution in [3.63, 3.8) is 0 Å². The maximum absolute atomic E-state index is 12.8. The molecule has 0 bridgehead atoms. The fraction of sp³-hybridized carbons (Fsp3) is 0.571. The summed E-state index contributed by atoms with van der Waals surface area (Å²) in [5, 5.41) is 5.72. The third kappa shape index (κ3) is 6.25. The number of carbonyl (C=O) groups is 3. The van der Waals surface area contributed by atoms with Crippen LogP contribution in [0.25, 0.3) is 0 Å². The van der Waals surface area contributed by atoms with Gasteiger partial charge in [0.15, 0.2) is 0 Å². The van der Waals surface area contributed by atoms with Crippen molar-refractivity contribution in [3.05, 3.63) is 23.8 Å². The van der Waals surface area contributed by atoms with E-state index in [0.29, 0.717) is 24.5 Å². The second-order valence-corrected chi connectivity index (χ2v) is 8.16. The Balaban J connectivity index is 2.07. The standard InChI is InChI=1S/C21H31N3O4/c1-6-15-9-10-17(22-14(2)25)12-18(15)23-19(26)16-8-7-11-24(13-16)20(27)28-21(3,4)5/h9-10,12,16H,6-8,11,13H2,1-5H3,(H,22,25)(H,23,26). The number of piperidine rings is 1. The predicted octanol–water partition coefficient (Wildman–Crippen LogP) is 3.79. The van der Waals surface area contributed by atoms with E-state index in [1.807, 2.05) is 39.8 Å². The maximum Gasteiger partial charge on any atom is 0.410 e. The number of rotatable bonds is 4. The van der Waals surface area contributed by atoms with Crippen LogP contribution in [0.3, 0.4) is 0 Å². The lowest BCUT2D eigenvalue weighted by atomic mass is 9.97. The average molecular weight is 389 g/mol. The molecule has 28 heavy (non-hydrogen) atoms. The molecule has 7 heteroatoms. The molecule has 1 aromatic carbocycles. The lowest BCUT2D eigenvalue weighted by Crippen LogP contribution is -2.45. The summed E-state index contributed by atoms with van der Waals surface area (Å²) in [6, 6.07) is 5.49. The molecule has 154 valence electrons. The molecule has 0 saturated carbocycles. The first-order chi connectivity index (χ1) is 13.1. The number of hydrogen-bond acceptors (Lipinski definition) is 4. The van der Waals surface area contributed by atoms with Crippen LogP contribution in [-0.4, -0.2) is 41.5 Å². The molecular formula is C21H31N3O4. The van der Waals surface area contributed by atoms with Gasteiger partial charge in [0.1, 0.15) is 5.60 Å². The van der Waals surface area contributed by atoms with Crippen molar-refractivity contribution >= 4 is 29.3 Å². The van der Waals surface area contributed by atoms with Crippen LogP contribution in [0.5, 0.6) is 0 Å². The Hall–Kier alpha value is -2.57. The number of nitrogens with one attached hydrogen (secondary N) is 2. The number of hydrogen-bond donors (Lipinski definition) is 2. The minimum Gasteiger partial charge on any atom is -0.444 e. The van der Waals surface area contributed by atoms with Crippen molar-refractivity contribution in [1.29, 1.82) is 0 Å². The zero-order chi connectivity index (χ0) is 20.9. The van der Waals surface area contributed by atoms with E-state index in [4.69, 9.17) is 4.74 Å². The maximum atomic E-state index is 12.8. The third-order valence-electron chi connectivity index (χ3n) is 4.51. The molecule has 0 aliphatic carbocycles. The van der Waals surface area contributed by atoms with Crippen LogP contribution in [0.15, 0.2) is 18.2 Å². The molecule has 0 radical (unpaired) electrons. The SMILES string of the molecule is CCc1ccc(NC(C)=O)cc1NC(=O)C1CCCN(C(=O)OC(C)(C)C)C1. The van der Waals surface area contributed by atoms with E-state index in [2.05, 4.69) is 10.6 Å². The molecule has 1 aromatic rings. The van der Waals surface area contributed by atoms with Crippen molar-refractivity contribution in [1.82, 2.24) is 4.90 Å². The van der Waals surface area contributed by atoms with Gasteiger partial charge in [0.05, 0.1) is 5.92 Å². The monoisotopic (exact) mass is 389 g/mol. The Morgan fingerprint density at radius 1 is 1.21 bits per heavy atom. The van der Waals surface area contributed by atoms with Gasteiger partial charge in [-0.15, -0.1) is 0 Å². The number of aryl methyl sites for hydroxylation is 1. The van der Waals surface area contributed by atoms with Crippen molar-refractivity contribution in [2.24, 2.45) is 5.92 Å². The summed E-state index contributed by atoms with van der Waals surface area (Å²) in [6.07, 6.45) is 1.85. The second-order valence-electron chi connectivity index (χ2n) is 8.16. The minimum atomic E-state index is -0.563. The van der Waals surface area contributed by atoms with E-state index in [9.17, 15) is 14.4 Å². The van der Waals surface area contributed by atoms with E-state index in [1.165, 1.54) is 6.92 Å². The first-order valence-electron chi connectivity index (χ1n) is 9.78. The Labute approximate surface area is 166 Å². The van der Waals surface area contributed by atoms with Crippen LogP contribution < -0.4 is 10.6 Å². The van der Waals surface area contributed by atoms with Crippen molar-refractivity contribution in [3.8, 4) is 0 Å². The van der Waals surface area contributed by atoms with Crippen LogP contribution in [0.4, 0.5) is 16.2 Å². The summed E-state index contributed by atoms with van der Waals surface area (Å²) < 4.78 is 5.43. The highest BCUT2D eigenvalue weighted by molar-refractivity contribution is 5.95. The summed E-state index contributed by atoms with van der Waals surface area (Å²) in [6.45, 7) is 9.87. The number of carbonyl (C=O) groups excluding carboxylic acids is 3. The van der Waals surface area contributed by atoms with Crippen LogP contribution in [0.2, 0.25) is 0 Å². The molecule has 3 amide bonds. The minimum absolute atomic E-state index is 0.122. The topological polar surface area (TPSA) is 87.7 Å². The zero-order valence-electron chi connectivity index (χ0n) is 17.4. The number of amides is 3. The van der Waals surface area contributed by atoms with Crippen LogP contribution >= 0.6 is 0 Å². The molecule has 1 aliphatic rings. The smallest absolute Gasteiger partial charge is 0.410 e. The summed E-state index contributed by atoms with van der Waals surface area (Å²) >= 11 is 0. The molecule has 1 atom stereocenters. The Kier molecular flexibility index (Phi) is 7.05. The molecule has 7 nitrogen and oxygen atoms in total. The fourth-order valence-electron chi connectivity index (χ4n) is 3.20. The lowest BCUT2D eigenvalue weighted by Gasteiger charge is -2.33. The number of anilines is 2. The highest BCUT2D eigenvalue weighted by Crippen LogP contribution is 2.25. The number of benzene rings is 1. The summed E-state index contributed by atoms with van der Waals surface area (Å²) in [4.78, 5) is 38.1. The van der Waals surface area contributed by atoms with Crippen LogP contribution in [0.1, 0.15) is 53.0 Å². The molecular weight excluding hydrogens is 358 g/mol. The number of ether oxygens (including phenoxy) is 1. The van der Waals surface area contributed by atoms with E-state index >= 15 is 0 Å². The molecule has 1 unspecified atom stereocenters. The second kappa shape index (κ2) is 9.08. The molecule has 1 heterocycles. The molecule has 0 aromatic heterocycles. The van der Waals surface area contributed by atoms with Gasteiger partial charge in [-0.1, -0.05) is 13.0 Å². The Bertz CT molecular complexity index is 740. The number of nitrogens with zero attached hydrogens (tertiary/aromatic N) is 1. The summed E-state index contributed by atoms with van der Waals surface area (Å²) in [5.41, 5.74) is 1.75. The van der Waals surface area contributed by atoms with Gasteiger partial charge < -0.3 is 20.3 Å². The van der Waals surface area contributed by atoms with Crippen molar-refractivity contribution in [2.45, 2.75) is 59.5 Å². The molecule has 2 rings (SSSR count). The van der Waals surface area contributed by atoms with E-state index < -0.39 is 5.60 Å². The first kappa shape index (κ1) is 21.7. The average Bonchev–Trinajstić information content (AvgIpc) is 2.60. The molecule has 1 aliphatic heterocycles. The van der Waals surface area contributed by atoms with Gasteiger partial charge in [-0.05, 0) is 57.7 Å². The van der Waals surface area contributed by atoms with Crippen molar-refractivity contribution < 1.29 is 19.1 Å². The van der Waals surface area contributed by atoms with Gasteiger partial charge in [0.2, 0.25) is 11.8 Å². The molecule has 1 saturated heterocycles. The van der Waals surface area contributed by atoms with E-state index in [0.717, 1.165) is 24.8 Å². The Morgan fingerprint density at radius 3 is 2.54 bits per heavy atom. The molecule has 2 N–H and O–H groups in total. The number of likely N-dealkylation sites (tertiary alicyclic amines) is 1. The molecule has 1 fully saturated rings.